The van der Waals surface area contributed by atoms with Gasteiger partial charge in [0, 0.05) is 22.2 Å². The Morgan fingerprint density at radius 1 is 1.30 bits per heavy atom. The van der Waals surface area contributed by atoms with Crippen molar-refractivity contribution in [2.24, 2.45) is 7.05 Å². The molecule has 0 amide bonds. The number of nitrogens with two attached hydrogens (primary N) is 1. The topological polar surface area (TPSA) is 95.6 Å². The summed E-state index contributed by atoms with van der Waals surface area (Å²) >= 11 is 6.75. The summed E-state index contributed by atoms with van der Waals surface area (Å²) in [5.41, 5.74) is 7.06. The molecule has 0 saturated heterocycles. The molecule has 0 aliphatic carbocycles. The molecule has 0 saturated carbocycles. The molecule has 3 aromatic heterocycles. The van der Waals surface area contributed by atoms with Crippen LogP contribution in [0.4, 0.5) is 5.82 Å². The van der Waals surface area contributed by atoms with Gasteiger partial charge in [-0.2, -0.15) is 10.1 Å². The summed E-state index contributed by atoms with van der Waals surface area (Å²) in [7, 11) is 1.74. The summed E-state index contributed by atoms with van der Waals surface area (Å²) in [5.74, 6) is 1.15. The van der Waals surface area contributed by atoms with Crippen molar-refractivity contribution in [2.75, 3.05) is 5.73 Å². The molecular formula is C11H8Br2N6O. The lowest BCUT2D eigenvalue weighted by atomic mass is 10.3. The Bertz CT molecular complexity index is 781. The van der Waals surface area contributed by atoms with Crippen molar-refractivity contribution >= 4 is 37.7 Å². The van der Waals surface area contributed by atoms with Gasteiger partial charge in [-0.25, -0.2) is 0 Å². The lowest BCUT2D eigenvalue weighted by molar-refractivity contribution is 0.432. The minimum atomic E-state index is 0.308. The third-order valence-electron chi connectivity index (χ3n) is 2.66. The van der Waals surface area contributed by atoms with E-state index in [0.29, 0.717) is 28.8 Å². The van der Waals surface area contributed by atoms with Crippen LogP contribution in [0.1, 0.15) is 0 Å². The SMILES string of the molecule is Cn1ncc(-c2nc(-c3ncc(Br)cc3Br)no2)c1N. The van der Waals surface area contributed by atoms with Crippen LogP contribution >= 0.6 is 31.9 Å². The molecule has 20 heavy (non-hydrogen) atoms. The van der Waals surface area contributed by atoms with Gasteiger partial charge in [-0.15, -0.1) is 0 Å². The normalized spacial score (nSPS) is 10.9. The van der Waals surface area contributed by atoms with Gasteiger partial charge in [0.1, 0.15) is 17.1 Å². The third-order valence-corrected chi connectivity index (χ3v) is 3.70. The molecule has 3 aromatic rings. The summed E-state index contributed by atoms with van der Waals surface area (Å²) < 4.78 is 8.37. The Kier molecular flexibility index (Phi) is 3.30. The summed E-state index contributed by atoms with van der Waals surface area (Å²) in [6.45, 7) is 0. The van der Waals surface area contributed by atoms with Gasteiger partial charge in [-0.1, -0.05) is 5.16 Å². The first kappa shape index (κ1) is 13.3. The van der Waals surface area contributed by atoms with Crippen LogP contribution in [0.3, 0.4) is 0 Å². The number of aromatic nitrogens is 5. The second-order valence-corrected chi connectivity index (χ2v) is 5.74. The van der Waals surface area contributed by atoms with Gasteiger partial charge < -0.3 is 10.3 Å². The molecule has 0 aliphatic heterocycles. The number of pyridine rings is 1. The van der Waals surface area contributed by atoms with E-state index in [1.54, 1.807) is 19.4 Å². The van der Waals surface area contributed by atoms with Crippen LogP contribution in [0.5, 0.6) is 0 Å². The van der Waals surface area contributed by atoms with E-state index >= 15 is 0 Å². The Morgan fingerprint density at radius 2 is 2.10 bits per heavy atom. The number of hydrogen-bond donors (Lipinski definition) is 1. The Labute approximate surface area is 130 Å². The summed E-state index contributed by atoms with van der Waals surface area (Å²) in [6, 6.07) is 1.86. The fourth-order valence-corrected chi connectivity index (χ4v) is 2.78. The Balaban J connectivity index is 2.04. The molecule has 0 aliphatic rings. The third kappa shape index (κ3) is 2.22. The van der Waals surface area contributed by atoms with Crippen molar-refractivity contribution in [1.29, 1.82) is 0 Å². The van der Waals surface area contributed by atoms with Crippen molar-refractivity contribution in [3.05, 3.63) is 27.4 Å². The van der Waals surface area contributed by atoms with E-state index in [1.165, 1.54) is 4.68 Å². The van der Waals surface area contributed by atoms with E-state index in [1.807, 2.05) is 6.07 Å². The van der Waals surface area contributed by atoms with E-state index < -0.39 is 0 Å². The number of rotatable bonds is 2. The molecule has 3 rings (SSSR count). The van der Waals surface area contributed by atoms with Crippen LogP contribution in [0.2, 0.25) is 0 Å². The molecule has 0 aromatic carbocycles. The van der Waals surface area contributed by atoms with Crippen LogP contribution < -0.4 is 5.73 Å². The molecule has 9 heteroatoms. The highest BCUT2D eigenvalue weighted by atomic mass is 79.9. The number of aryl methyl sites for hydroxylation is 1. The molecule has 0 radical (unpaired) electrons. The fraction of sp³-hybridized carbons (Fsp3) is 0.0909. The highest BCUT2D eigenvalue weighted by molar-refractivity contribution is 9.11. The molecule has 7 nitrogen and oxygen atoms in total. The van der Waals surface area contributed by atoms with Gasteiger partial charge in [-0.05, 0) is 37.9 Å². The number of anilines is 1. The van der Waals surface area contributed by atoms with E-state index in [4.69, 9.17) is 10.3 Å². The first-order chi connectivity index (χ1) is 9.56. The van der Waals surface area contributed by atoms with Crippen LogP contribution in [0, 0.1) is 0 Å². The van der Waals surface area contributed by atoms with Crippen LogP contribution in [-0.4, -0.2) is 24.9 Å². The highest BCUT2D eigenvalue weighted by Crippen LogP contribution is 2.29. The minimum Gasteiger partial charge on any atom is -0.383 e. The second-order valence-electron chi connectivity index (χ2n) is 3.97. The van der Waals surface area contributed by atoms with Crippen molar-refractivity contribution in [2.45, 2.75) is 0 Å². The summed E-state index contributed by atoms with van der Waals surface area (Å²) in [4.78, 5) is 8.55. The van der Waals surface area contributed by atoms with Crippen LogP contribution in [-0.2, 0) is 7.05 Å². The van der Waals surface area contributed by atoms with Gasteiger partial charge in [0.15, 0.2) is 0 Å². The summed E-state index contributed by atoms with van der Waals surface area (Å²) in [5, 5.41) is 7.95. The lowest BCUT2D eigenvalue weighted by Gasteiger charge is -1.97. The second kappa shape index (κ2) is 4.98. The molecular weight excluding hydrogens is 392 g/mol. The molecule has 2 N–H and O–H groups in total. The average molecular weight is 400 g/mol. The maximum Gasteiger partial charge on any atom is 0.263 e. The quantitative estimate of drug-likeness (QED) is 0.711. The van der Waals surface area contributed by atoms with Crippen molar-refractivity contribution in [3.8, 4) is 23.0 Å². The monoisotopic (exact) mass is 398 g/mol. The maximum atomic E-state index is 5.87. The average Bonchev–Trinajstić information content (AvgIpc) is 2.98. The molecule has 3 heterocycles. The molecule has 102 valence electrons. The van der Waals surface area contributed by atoms with E-state index in [2.05, 4.69) is 52.1 Å². The van der Waals surface area contributed by atoms with Crippen molar-refractivity contribution in [3.63, 3.8) is 0 Å². The van der Waals surface area contributed by atoms with E-state index in [0.717, 1.165) is 8.95 Å². The van der Waals surface area contributed by atoms with Crippen LogP contribution in [0.25, 0.3) is 23.0 Å². The zero-order chi connectivity index (χ0) is 14.3. The Morgan fingerprint density at radius 3 is 2.75 bits per heavy atom. The molecule has 0 bridgehead atoms. The number of hydrogen-bond acceptors (Lipinski definition) is 6. The van der Waals surface area contributed by atoms with Gasteiger partial charge in [0.2, 0.25) is 5.82 Å². The zero-order valence-corrected chi connectivity index (χ0v) is 13.4. The molecule has 0 atom stereocenters. The molecule has 0 unspecified atom stereocenters. The van der Waals surface area contributed by atoms with E-state index in [9.17, 15) is 0 Å². The standard InChI is InChI=1S/C11H8Br2N6O/c1-19-9(14)6(4-16-19)11-17-10(18-20-11)8-7(13)2-5(12)3-15-8/h2-4H,14H2,1H3. The Hall–Kier alpha value is -1.74. The molecule has 0 spiro atoms. The number of halogens is 2. The van der Waals surface area contributed by atoms with Crippen LogP contribution in [0.15, 0.2) is 31.9 Å². The molecule has 0 fully saturated rings. The van der Waals surface area contributed by atoms with Crippen molar-refractivity contribution in [1.82, 2.24) is 24.9 Å². The van der Waals surface area contributed by atoms with Gasteiger partial charge in [0.05, 0.1) is 6.20 Å². The fourth-order valence-electron chi connectivity index (χ4n) is 1.62. The predicted molar refractivity (Wildman–Crippen MR) is 79.5 cm³/mol. The maximum absolute atomic E-state index is 5.87. The lowest BCUT2D eigenvalue weighted by Crippen LogP contribution is -1.98. The minimum absolute atomic E-state index is 0.308. The van der Waals surface area contributed by atoms with Gasteiger partial charge in [-0.3, -0.25) is 9.67 Å². The van der Waals surface area contributed by atoms with Gasteiger partial charge >= 0.3 is 0 Å². The van der Waals surface area contributed by atoms with Gasteiger partial charge in [0.25, 0.3) is 5.89 Å². The van der Waals surface area contributed by atoms with Crippen molar-refractivity contribution < 1.29 is 4.52 Å². The zero-order valence-electron chi connectivity index (χ0n) is 10.2. The first-order valence-corrected chi connectivity index (χ1v) is 7.08. The highest BCUT2D eigenvalue weighted by Gasteiger charge is 2.18. The number of nitrogen functional groups attached to an aromatic ring is 1. The first-order valence-electron chi connectivity index (χ1n) is 5.49. The number of nitrogens with zero attached hydrogens (tertiary/aromatic N) is 5. The summed E-state index contributed by atoms with van der Waals surface area (Å²) in [6.07, 6.45) is 3.24. The smallest absolute Gasteiger partial charge is 0.263 e. The van der Waals surface area contributed by atoms with E-state index in [-0.39, 0.29) is 0 Å². The largest absolute Gasteiger partial charge is 0.383 e. The predicted octanol–water partition coefficient (Wildman–Crippen LogP) is 2.64.